The van der Waals surface area contributed by atoms with E-state index in [-0.39, 0.29) is 5.91 Å². The Balaban J connectivity index is 2.01. The van der Waals surface area contributed by atoms with E-state index in [1.54, 1.807) is 6.92 Å². The second-order valence-electron chi connectivity index (χ2n) is 5.55. The van der Waals surface area contributed by atoms with Crippen LogP contribution in [0.1, 0.15) is 43.7 Å². The molecule has 1 aliphatic heterocycles. The average Bonchev–Trinajstić information content (AvgIpc) is 2.79. The molecule has 4 nitrogen and oxygen atoms in total. The fourth-order valence-corrected chi connectivity index (χ4v) is 2.55. The van der Waals surface area contributed by atoms with Crippen LogP contribution in [0.15, 0.2) is 24.3 Å². The Kier molecular flexibility index (Phi) is 4.42. The summed E-state index contributed by atoms with van der Waals surface area (Å²) >= 11 is 0. The standard InChI is InChI=1S/C16H21NO3/c1-3-12-8-15(18)17(9-12)10-13-4-6-14(7-5-13)11(2)16(19)20/h4-7,11-12H,3,8-10H2,1-2H3,(H,19,20). The summed E-state index contributed by atoms with van der Waals surface area (Å²) in [7, 11) is 0. The number of hydrogen-bond acceptors (Lipinski definition) is 2. The Morgan fingerprint density at radius 1 is 1.40 bits per heavy atom. The highest BCUT2D eigenvalue weighted by Gasteiger charge is 2.28. The first kappa shape index (κ1) is 14.6. The lowest BCUT2D eigenvalue weighted by atomic mass is 10.00. The van der Waals surface area contributed by atoms with Crippen LogP contribution in [0, 0.1) is 5.92 Å². The molecular formula is C16H21NO3. The van der Waals surface area contributed by atoms with Crippen molar-refractivity contribution < 1.29 is 14.7 Å². The smallest absolute Gasteiger partial charge is 0.310 e. The SMILES string of the molecule is CCC1CC(=O)N(Cc2ccc(C(C)C(=O)O)cc2)C1. The zero-order valence-corrected chi connectivity index (χ0v) is 12.0. The van der Waals surface area contributed by atoms with Crippen molar-refractivity contribution in [1.82, 2.24) is 4.90 Å². The third-order valence-electron chi connectivity index (χ3n) is 4.10. The van der Waals surface area contributed by atoms with E-state index in [2.05, 4.69) is 6.92 Å². The number of hydrogen-bond donors (Lipinski definition) is 1. The van der Waals surface area contributed by atoms with Crippen LogP contribution in [0.2, 0.25) is 0 Å². The molecule has 2 rings (SSSR count). The maximum absolute atomic E-state index is 11.9. The van der Waals surface area contributed by atoms with Gasteiger partial charge in [-0.05, 0) is 24.0 Å². The average molecular weight is 275 g/mol. The highest BCUT2D eigenvalue weighted by atomic mass is 16.4. The maximum atomic E-state index is 11.9. The molecule has 0 saturated carbocycles. The van der Waals surface area contributed by atoms with Crippen molar-refractivity contribution in [2.24, 2.45) is 5.92 Å². The van der Waals surface area contributed by atoms with Gasteiger partial charge in [0.1, 0.15) is 0 Å². The van der Waals surface area contributed by atoms with Crippen LogP contribution in [0.25, 0.3) is 0 Å². The van der Waals surface area contributed by atoms with E-state index in [4.69, 9.17) is 5.11 Å². The maximum Gasteiger partial charge on any atom is 0.310 e. The van der Waals surface area contributed by atoms with Crippen LogP contribution in [-0.2, 0) is 16.1 Å². The van der Waals surface area contributed by atoms with E-state index in [1.807, 2.05) is 29.2 Å². The number of carbonyl (C=O) groups is 2. The predicted octanol–water partition coefficient (Wildman–Crippen LogP) is 2.63. The Labute approximate surface area is 119 Å². The van der Waals surface area contributed by atoms with Gasteiger partial charge < -0.3 is 10.0 Å². The van der Waals surface area contributed by atoms with Crippen molar-refractivity contribution in [2.75, 3.05) is 6.54 Å². The van der Waals surface area contributed by atoms with Crippen molar-refractivity contribution in [1.29, 1.82) is 0 Å². The summed E-state index contributed by atoms with van der Waals surface area (Å²) in [5.41, 5.74) is 1.84. The molecule has 1 heterocycles. The van der Waals surface area contributed by atoms with Crippen molar-refractivity contribution in [3.8, 4) is 0 Å². The monoisotopic (exact) mass is 275 g/mol. The van der Waals surface area contributed by atoms with Crippen LogP contribution in [0.3, 0.4) is 0 Å². The summed E-state index contributed by atoms with van der Waals surface area (Å²) in [6.07, 6.45) is 1.70. The first-order valence-electron chi connectivity index (χ1n) is 7.10. The number of carboxylic acid groups (broad SMARTS) is 1. The van der Waals surface area contributed by atoms with E-state index >= 15 is 0 Å². The second kappa shape index (κ2) is 6.07. The minimum atomic E-state index is -0.821. The number of carbonyl (C=O) groups excluding carboxylic acids is 1. The normalized spacial score (nSPS) is 20.2. The van der Waals surface area contributed by atoms with E-state index in [9.17, 15) is 9.59 Å². The van der Waals surface area contributed by atoms with Gasteiger partial charge in [0.15, 0.2) is 0 Å². The van der Waals surface area contributed by atoms with Crippen LogP contribution >= 0.6 is 0 Å². The molecule has 0 aromatic heterocycles. The second-order valence-corrected chi connectivity index (χ2v) is 5.55. The third-order valence-corrected chi connectivity index (χ3v) is 4.10. The molecule has 108 valence electrons. The largest absolute Gasteiger partial charge is 0.481 e. The van der Waals surface area contributed by atoms with Gasteiger partial charge in [0.05, 0.1) is 5.92 Å². The van der Waals surface area contributed by atoms with Crippen molar-refractivity contribution in [3.05, 3.63) is 35.4 Å². The Bertz CT molecular complexity index is 495. The number of benzene rings is 1. The number of amides is 1. The lowest BCUT2D eigenvalue weighted by molar-refractivity contribution is -0.138. The fraction of sp³-hybridized carbons (Fsp3) is 0.500. The van der Waals surface area contributed by atoms with Crippen LogP contribution in [0.5, 0.6) is 0 Å². The third kappa shape index (κ3) is 3.18. The van der Waals surface area contributed by atoms with Crippen LogP contribution in [-0.4, -0.2) is 28.4 Å². The number of nitrogens with zero attached hydrogens (tertiary/aromatic N) is 1. The lowest BCUT2D eigenvalue weighted by Gasteiger charge is -2.17. The van der Waals surface area contributed by atoms with Gasteiger partial charge in [-0.1, -0.05) is 37.6 Å². The predicted molar refractivity (Wildman–Crippen MR) is 76.3 cm³/mol. The quantitative estimate of drug-likeness (QED) is 0.898. The molecule has 1 saturated heterocycles. The molecule has 0 bridgehead atoms. The summed E-state index contributed by atoms with van der Waals surface area (Å²) in [6.45, 7) is 5.25. The van der Waals surface area contributed by atoms with E-state index in [0.29, 0.717) is 18.9 Å². The molecule has 1 aromatic rings. The summed E-state index contributed by atoms with van der Waals surface area (Å²) in [5.74, 6) is -0.617. The minimum absolute atomic E-state index is 0.222. The summed E-state index contributed by atoms with van der Waals surface area (Å²) < 4.78 is 0. The molecule has 0 radical (unpaired) electrons. The molecule has 0 aliphatic carbocycles. The molecule has 0 spiro atoms. The van der Waals surface area contributed by atoms with Gasteiger partial charge in [0, 0.05) is 19.5 Å². The molecule has 2 unspecified atom stereocenters. The van der Waals surface area contributed by atoms with Gasteiger partial charge in [0.2, 0.25) is 5.91 Å². The lowest BCUT2D eigenvalue weighted by Crippen LogP contribution is -2.24. The van der Waals surface area contributed by atoms with E-state index in [1.165, 1.54) is 0 Å². The zero-order valence-electron chi connectivity index (χ0n) is 12.0. The van der Waals surface area contributed by atoms with Crippen molar-refractivity contribution >= 4 is 11.9 Å². The van der Waals surface area contributed by atoms with Crippen molar-refractivity contribution in [3.63, 3.8) is 0 Å². The molecule has 1 fully saturated rings. The van der Waals surface area contributed by atoms with Crippen LogP contribution < -0.4 is 0 Å². The number of likely N-dealkylation sites (tertiary alicyclic amines) is 1. The first-order chi connectivity index (χ1) is 9.51. The minimum Gasteiger partial charge on any atom is -0.481 e. The van der Waals surface area contributed by atoms with Gasteiger partial charge in [0.25, 0.3) is 0 Å². The first-order valence-corrected chi connectivity index (χ1v) is 7.10. The highest BCUT2D eigenvalue weighted by molar-refractivity contribution is 5.78. The molecule has 1 amide bonds. The molecular weight excluding hydrogens is 254 g/mol. The van der Waals surface area contributed by atoms with Gasteiger partial charge in [-0.15, -0.1) is 0 Å². The Morgan fingerprint density at radius 2 is 2.05 bits per heavy atom. The Hall–Kier alpha value is -1.84. The Morgan fingerprint density at radius 3 is 2.55 bits per heavy atom. The van der Waals surface area contributed by atoms with E-state index < -0.39 is 11.9 Å². The molecule has 2 atom stereocenters. The topological polar surface area (TPSA) is 57.6 Å². The van der Waals surface area contributed by atoms with Gasteiger partial charge in [-0.2, -0.15) is 0 Å². The van der Waals surface area contributed by atoms with Gasteiger partial charge in [-0.3, -0.25) is 9.59 Å². The number of rotatable bonds is 5. The van der Waals surface area contributed by atoms with Gasteiger partial charge in [-0.25, -0.2) is 0 Å². The zero-order chi connectivity index (χ0) is 14.7. The van der Waals surface area contributed by atoms with Gasteiger partial charge >= 0.3 is 5.97 Å². The number of aliphatic carboxylic acids is 1. The number of carboxylic acids is 1. The van der Waals surface area contributed by atoms with Crippen LogP contribution in [0.4, 0.5) is 0 Å². The highest BCUT2D eigenvalue weighted by Crippen LogP contribution is 2.23. The molecule has 1 N–H and O–H groups in total. The molecule has 1 aromatic carbocycles. The summed E-state index contributed by atoms with van der Waals surface area (Å²) in [6, 6.07) is 7.51. The fourth-order valence-electron chi connectivity index (χ4n) is 2.55. The molecule has 4 heteroatoms. The van der Waals surface area contributed by atoms with Crippen molar-refractivity contribution in [2.45, 2.75) is 39.2 Å². The summed E-state index contributed by atoms with van der Waals surface area (Å²) in [4.78, 5) is 24.7. The van der Waals surface area contributed by atoms with E-state index in [0.717, 1.165) is 24.1 Å². The summed E-state index contributed by atoms with van der Waals surface area (Å²) in [5, 5.41) is 8.97. The molecule has 1 aliphatic rings. The molecule has 20 heavy (non-hydrogen) atoms.